The molecule has 0 radical (unpaired) electrons. The molecule has 0 aliphatic carbocycles. The number of hydrogen-bond acceptors (Lipinski definition) is 4. The van der Waals surface area contributed by atoms with E-state index >= 15 is 0 Å². The maximum Gasteiger partial charge on any atom is 0.316 e. The first-order valence-corrected chi connectivity index (χ1v) is 8.66. The fourth-order valence-corrected chi connectivity index (χ4v) is 2.99. The Balaban J connectivity index is 1.65. The maximum absolute atomic E-state index is 12.4. The number of ether oxygens (including phenoxy) is 1. The van der Waals surface area contributed by atoms with Gasteiger partial charge in [-0.2, -0.15) is 0 Å². The highest BCUT2D eigenvalue weighted by Gasteiger charge is 2.34. The Hall–Kier alpha value is -3.06. The van der Waals surface area contributed by atoms with Crippen molar-refractivity contribution in [1.82, 2.24) is 4.90 Å². The molecule has 0 unspecified atom stereocenters. The molecule has 0 aromatic heterocycles. The molecule has 3 rings (SSSR count). The number of carbonyl (C=O) groups is 3. The number of halogens is 1. The summed E-state index contributed by atoms with van der Waals surface area (Å²) in [6, 6.07) is 13.8. The lowest BCUT2D eigenvalue weighted by atomic mass is 10.2. The molecule has 27 heavy (non-hydrogen) atoms. The van der Waals surface area contributed by atoms with Gasteiger partial charge in [0.2, 0.25) is 5.91 Å². The zero-order valence-corrected chi connectivity index (χ0v) is 15.4. The van der Waals surface area contributed by atoms with Crippen molar-refractivity contribution in [3.8, 4) is 5.75 Å². The summed E-state index contributed by atoms with van der Waals surface area (Å²) in [5.74, 6) is -1.35. The van der Waals surface area contributed by atoms with Gasteiger partial charge in [0.15, 0.2) is 0 Å². The lowest BCUT2D eigenvalue weighted by molar-refractivity contribution is -0.147. The van der Waals surface area contributed by atoms with Crippen LogP contribution in [0.3, 0.4) is 0 Å². The van der Waals surface area contributed by atoms with Crippen LogP contribution in [-0.2, 0) is 14.4 Å². The average molecular weight is 388 g/mol. The second-order valence-corrected chi connectivity index (χ2v) is 6.35. The number of hydrogen-bond donors (Lipinski definition) is 1. The lowest BCUT2D eigenvalue weighted by Gasteiger charge is -2.33. The van der Waals surface area contributed by atoms with Gasteiger partial charge in [0, 0.05) is 23.8 Å². The van der Waals surface area contributed by atoms with Crippen molar-refractivity contribution >= 4 is 40.7 Å². The van der Waals surface area contributed by atoms with E-state index in [0.29, 0.717) is 28.7 Å². The Bertz CT molecular complexity index is 873. The van der Waals surface area contributed by atoms with Crippen molar-refractivity contribution in [2.24, 2.45) is 0 Å². The molecule has 0 spiro atoms. The largest absolute Gasteiger partial charge is 0.495 e. The number of methoxy groups -OCH3 is 1. The van der Waals surface area contributed by atoms with Crippen LogP contribution < -0.4 is 15.0 Å². The summed E-state index contributed by atoms with van der Waals surface area (Å²) in [4.78, 5) is 39.7. The molecule has 1 aliphatic heterocycles. The standard InChI is InChI=1S/C19H18ClN3O4/c1-27-16-8-7-13(20)11-15(16)21-17(24)12-22-9-10-23(19(26)18(22)25)14-5-3-2-4-6-14/h2-8,11H,9-10,12H2,1H3,(H,21,24). The molecule has 1 N–H and O–H groups in total. The lowest BCUT2D eigenvalue weighted by Crippen LogP contribution is -2.56. The van der Waals surface area contributed by atoms with Crippen molar-refractivity contribution in [2.45, 2.75) is 0 Å². The molecule has 2 aromatic rings. The third kappa shape index (κ3) is 4.20. The van der Waals surface area contributed by atoms with Crippen molar-refractivity contribution in [3.63, 3.8) is 0 Å². The second-order valence-electron chi connectivity index (χ2n) is 5.91. The Kier molecular flexibility index (Phi) is 5.61. The molecule has 2 aromatic carbocycles. The average Bonchev–Trinajstić information content (AvgIpc) is 2.66. The van der Waals surface area contributed by atoms with Gasteiger partial charge in [-0.1, -0.05) is 29.8 Å². The minimum atomic E-state index is -0.710. The summed E-state index contributed by atoms with van der Waals surface area (Å²) < 4.78 is 5.18. The molecule has 0 atom stereocenters. The molecule has 140 valence electrons. The molecule has 3 amide bonds. The van der Waals surface area contributed by atoms with Crippen molar-refractivity contribution < 1.29 is 19.1 Å². The molecule has 0 bridgehead atoms. The van der Waals surface area contributed by atoms with Gasteiger partial charge in [-0.3, -0.25) is 14.4 Å². The predicted molar refractivity (Wildman–Crippen MR) is 102 cm³/mol. The number of nitrogens with one attached hydrogen (secondary N) is 1. The van der Waals surface area contributed by atoms with Crippen LogP contribution in [-0.4, -0.2) is 49.4 Å². The number of nitrogens with zero attached hydrogens (tertiary/aromatic N) is 2. The van der Waals surface area contributed by atoms with E-state index in [4.69, 9.17) is 16.3 Å². The van der Waals surface area contributed by atoms with E-state index in [9.17, 15) is 14.4 Å². The molecule has 1 aliphatic rings. The number of rotatable bonds is 5. The number of benzene rings is 2. The third-order valence-corrected chi connectivity index (χ3v) is 4.38. The smallest absolute Gasteiger partial charge is 0.316 e. The van der Waals surface area contributed by atoms with E-state index in [1.807, 2.05) is 6.07 Å². The van der Waals surface area contributed by atoms with Crippen LogP contribution in [0.5, 0.6) is 5.75 Å². The van der Waals surface area contributed by atoms with Crippen LogP contribution in [0.15, 0.2) is 48.5 Å². The molecule has 7 nitrogen and oxygen atoms in total. The number of anilines is 2. The number of para-hydroxylation sites is 1. The van der Waals surface area contributed by atoms with Gasteiger partial charge in [-0.05, 0) is 30.3 Å². The zero-order chi connectivity index (χ0) is 19.4. The summed E-state index contributed by atoms with van der Waals surface area (Å²) in [5, 5.41) is 3.10. The first-order chi connectivity index (χ1) is 13.0. The van der Waals surface area contributed by atoms with Crippen LogP contribution in [0, 0.1) is 0 Å². The molecule has 0 saturated carbocycles. The monoisotopic (exact) mass is 387 g/mol. The Morgan fingerprint density at radius 2 is 1.85 bits per heavy atom. The molecular weight excluding hydrogens is 370 g/mol. The number of carbonyl (C=O) groups excluding carboxylic acids is 3. The molecule has 1 fully saturated rings. The summed E-state index contributed by atoms with van der Waals surface area (Å²) in [7, 11) is 1.48. The summed E-state index contributed by atoms with van der Waals surface area (Å²) in [5.41, 5.74) is 1.06. The Morgan fingerprint density at radius 1 is 1.11 bits per heavy atom. The van der Waals surface area contributed by atoms with E-state index in [1.54, 1.807) is 42.5 Å². The first-order valence-electron chi connectivity index (χ1n) is 8.29. The SMILES string of the molecule is COc1ccc(Cl)cc1NC(=O)CN1CCN(c2ccccc2)C(=O)C1=O. The minimum absolute atomic E-state index is 0.233. The second kappa shape index (κ2) is 8.09. The molecule has 1 saturated heterocycles. The Morgan fingerprint density at radius 3 is 2.56 bits per heavy atom. The van der Waals surface area contributed by atoms with Gasteiger partial charge in [0.25, 0.3) is 0 Å². The molecule has 8 heteroatoms. The first kappa shape index (κ1) is 18.7. The fourth-order valence-electron chi connectivity index (χ4n) is 2.82. The van der Waals surface area contributed by atoms with Crippen molar-refractivity contribution in [1.29, 1.82) is 0 Å². The van der Waals surface area contributed by atoms with E-state index in [1.165, 1.54) is 16.9 Å². The molecule has 1 heterocycles. The maximum atomic E-state index is 12.4. The topological polar surface area (TPSA) is 79.0 Å². The van der Waals surface area contributed by atoms with E-state index in [-0.39, 0.29) is 13.1 Å². The van der Waals surface area contributed by atoms with E-state index in [2.05, 4.69) is 5.32 Å². The highest BCUT2D eigenvalue weighted by Crippen LogP contribution is 2.27. The van der Waals surface area contributed by atoms with Gasteiger partial charge in [-0.25, -0.2) is 0 Å². The minimum Gasteiger partial charge on any atom is -0.495 e. The highest BCUT2D eigenvalue weighted by atomic mass is 35.5. The van der Waals surface area contributed by atoms with Gasteiger partial charge in [0.1, 0.15) is 12.3 Å². The van der Waals surface area contributed by atoms with E-state index < -0.39 is 17.7 Å². The summed E-state index contributed by atoms with van der Waals surface area (Å²) >= 11 is 5.94. The zero-order valence-electron chi connectivity index (χ0n) is 14.6. The summed E-state index contributed by atoms with van der Waals surface area (Å²) in [6.07, 6.45) is 0. The van der Waals surface area contributed by atoms with Gasteiger partial charge in [0.05, 0.1) is 12.8 Å². The van der Waals surface area contributed by atoms with Crippen LogP contribution in [0.25, 0.3) is 0 Å². The van der Waals surface area contributed by atoms with Crippen molar-refractivity contribution in [2.75, 3.05) is 37.0 Å². The fraction of sp³-hybridized carbons (Fsp3) is 0.211. The Labute approximate surface area is 161 Å². The normalized spacial score (nSPS) is 14.3. The number of piperazine rings is 1. The van der Waals surface area contributed by atoms with Gasteiger partial charge in [-0.15, -0.1) is 0 Å². The number of amides is 3. The predicted octanol–water partition coefficient (Wildman–Crippen LogP) is 2.16. The highest BCUT2D eigenvalue weighted by molar-refractivity contribution is 6.41. The summed E-state index contributed by atoms with van der Waals surface area (Å²) in [6.45, 7) is 0.352. The van der Waals surface area contributed by atoms with Gasteiger partial charge >= 0.3 is 11.8 Å². The molecular formula is C19H18ClN3O4. The van der Waals surface area contributed by atoms with Crippen LogP contribution in [0.2, 0.25) is 5.02 Å². The van der Waals surface area contributed by atoms with Crippen molar-refractivity contribution in [3.05, 3.63) is 53.6 Å². The quantitative estimate of drug-likeness (QED) is 0.797. The van der Waals surface area contributed by atoms with E-state index in [0.717, 1.165) is 0 Å². The van der Waals surface area contributed by atoms with Gasteiger partial charge < -0.3 is 19.9 Å². The van der Waals surface area contributed by atoms with Crippen LogP contribution >= 0.6 is 11.6 Å². The van der Waals surface area contributed by atoms with Crippen LogP contribution in [0.1, 0.15) is 0 Å². The third-order valence-electron chi connectivity index (χ3n) is 4.15. The van der Waals surface area contributed by atoms with Crippen LogP contribution in [0.4, 0.5) is 11.4 Å².